The molecule has 1 saturated heterocycles. The van der Waals surface area contributed by atoms with Gasteiger partial charge in [-0.1, -0.05) is 46.2 Å². The topological polar surface area (TPSA) is 41.9 Å². The largest absolute Gasteiger partial charge is 0.497 e. The molecule has 4 nitrogen and oxygen atoms in total. The highest BCUT2D eigenvalue weighted by Crippen LogP contribution is 2.43. The maximum Gasteiger partial charge on any atom is 0.130 e. The summed E-state index contributed by atoms with van der Waals surface area (Å²) < 4.78 is 11.6. The summed E-state index contributed by atoms with van der Waals surface area (Å²) in [5.41, 5.74) is 3.02. The summed E-state index contributed by atoms with van der Waals surface area (Å²) in [7, 11) is 1.67. The zero-order valence-electron chi connectivity index (χ0n) is 21.6. The molecule has 1 aliphatic rings. The van der Waals surface area contributed by atoms with Crippen molar-refractivity contribution >= 4 is 0 Å². The number of aliphatic hydroxyl groups is 1. The van der Waals surface area contributed by atoms with E-state index in [0.29, 0.717) is 6.61 Å². The quantitative estimate of drug-likeness (QED) is 0.474. The van der Waals surface area contributed by atoms with Gasteiger partial charge >= 0.3 is 0 Å². The highest BCUT2D eigenvalue weighted by molar-refractivity contribution is 5.52. The van der Waals surface area contributed by atoms with E-state index < -0.39 is 5.60 Å². The van der Waals surface area contributed by atoms with Gasteiger partial charge in [0.15, 0.2) is 0 Å². The average molecular weight is 454 g/mol. The number of hydrogen-bond acceptors (Lipinski definition) is 4. The number of likely N-dealkylation sites (tertiary alicyclic amines) is 1. The SMILES string of the molecule is CCOc1c(C(C)C)cc(C(O)(c2ccc(OC)cc2)C(C)N2CCCCC2)cc1C(C)C. The standard InChI is InChI=1S/C29H43NO3/c1-8-33-28-26(20(2)3)18-24(19-27(28)21(4)5)29(31,22(6)30-16-10-9-11-17-30)23-12-14-25(32-7)15-13-23/h12-15,18-22,31H,8-11,16-17H2,1-7H3. The van der Waals surface area contributed by atoms with Gasteiger partial charge in [-0.25, -0.2) is 0 Å². The zero-order chi connectivity index (χ0) is 24.2. The van der Waals surface area contributed by atoms with Crippen LogP contribution in [-0.2, 0) is 5.60 Å². The summed E-state index contributed by atoms with van der Waals surface area (Å²) in [5.74, 6) is 2.35. The van der Waals surface area contributed by atoms with Crippen molar-refractivity contribution in [2.45, 2.75) is 84.3 Å². The van der Waals surface area contributed by atoms with Crippen molar-refractivity contribution in [2.24, 2.45) is 0 Å². The van der Waals surface area contributed by atoms with Crippen LogP contribution >= 0.6 is 0 Å². The molecule has 0 spiro atoms. The van der Waals surface area contributed by atoms with Crippen molar-refractivity contribution < 1.29 is 14.6 Å². The van der Waals surface area contributed by atoms with Gasteiger partial charge in [0, 0.05) is 6.04 Å². The molecule has 1 N–H and O–H groups in total. The minimum absolute atomic E-state index is 0.0656. The smallest absolute Gasteiger partial charge is 0.130 e. The van der Waals surface area contributed by atoms with Gasteiger partial charge < -0.3 is 14.6 Å². The molecule has 1 fully saturated rings. The fraction of sp³-hybridized carbons (Fsp3) is 0.586. The van der Waals surface area contributed by atoms with Crippen LogP contribution in [0.15, 0.2) is 36.4 Å². The Balaban J connectivity index is 2.24. The van der Waals surface area contributed by atoms with E-state index in [-0.39, 0.29) is 17.9 Å². The highest BCUT2D eigenvalue weighted by Gasteiger charge is 2.42. The molecule has 1 aliphatic heterocycles. The number of methoxy groups -OCH3 is 1. The molecule has 2 aromatic rings. The first kappa shape index (κ1) is 25.6. The van der Waals surface area contributed by atoms with E-state index in [0.717, 1.165) is 46.8 Å². The molecule has 2 unspecified atom stereocenters. The summed E-state index contributed by atoms with van der Waals surface area (Å²) in [6, 6.07) is 12.2. The minimum atomic E-state index is -1.15. The van der Waals surface area contributed by atoms with Crippen LogP contribution < -0.4 is 9.47 Å². The average Bonchev–Trinajstić information content (AvgIpc) is 2.83. The Hall–Kier alpha value is -2.04. The fourth-order valence-corrected chi connectivity index (χ4v) is 5.13. The third-order valence-corrected chi connectivity index (χ3v) is 7.19. The summed E-state index contributed by atoms with van der Waals surface area (Å²) in [5, 5.41) is 12.6. The molecule has 0 aliphatic carbocycles. The van der Waals surface area contributed by atoms with Crippen LogP contribution in [0.4, 0.5) is 0 Å². The molecule has 0 radical (unpaired) electrons. The predicted molar refractivity (Wildman–Crippen MR) is 137 cm³/mol. The lowest BCUT2D eigenvalue weighted by Gasteiger charge is -2.44. The van der Waals surface area contributed by atoms with E-state index in [2.05, 4.69) is 51.7 Å². The van der Waals surface area contributed by atoms with Gasteiger partial charge in [-0.15, -0.1) is 0 Å². The second-order valence-corrected chi connectivity index (χ2v) is 9.99. The van der Waals surface area contributed by atoms with Gasteiger partial charge in [-0.05, 0) is 98.1 Å². The third kappa shape index (κ3) is 5.22. The van der Waals surface area contributed by atoms with Gasteiger partial charge in [-0.2, -0.15) is 0 Å². The summed E-state index contributed by atoms with van der Waals surface area (Å²) in [4.78, 5) is 2.45. The first-order valence-corrected chi connectivity index (χ1v) is 12.7. The maximum absolute atomic E-state index is 12.6. The number of ether oxygens (including phenoxy) is 2. The fourth-order valence-electron chi connectivity index (χ4n) is 5.13. The molecule has 4 heteroatoms. The summed E-state index contributed by atoms with van der Waals surface area (Å²) >= 11 is 0. The molecule has 0 bridgehead atoms. The molecular weight excluding hydrogens is 410 g/mol. The van der Waals surface area contributed by atoms with Crippen LogP contribution in [0, 0.1) is 0 Å². The Bertz CT molecular complexity index is 871. The molecule has 182 valence electrons. The van der Waals surface area contributed by atoms with Gasteiger partial charge in [-0.3, -0.25) is 4.90 Å². The van der Waals surface area contributed by atoms with E-state index in [4.69, 9.17) is 9.47 Å². The van der Waals surface area contributed by atoms with E-state index in [1.165, 1.54) is 19.3 Å². The van der Waals surface area contributed by atoms with Crippen molar-refractivity contribution in [2.75, 3.05) is 26.8 Å². The monoisotopic (exact) mass is 453 g/mol. The van der Waals surface area contributed by atoms with E-state index in [9.17, 15) is 5.11 Å². The molecule has 33 heavy (non-hydrogen) atoms. The molecule has 2 aromatic carbocycles. The van der Waals surface area contributed by atoms with Crippen molar-refractivity contribution in [3.63, 3.8) is 0 Å². The van der Waals surface area contributed by atoms with Crippen LogP contribution in [0.3, 0.4) is 0 Å². The molecule has 1 heterocycles. The number of rotatable bonds is 9. The van der Waals surface area contributed by atoms with Crippen molar-refractivity contribution in [3.05, 3.63) is 58.7 Å². The first-order valence-electron chi connectivity index (χ1n) is 12.7. The van der Waals surface area contributed by atoms with Crippen LogP contribution in [0.1, 0.15) is 94.9 Å². The molecule has 3 rings (SSSR count). The normalized spacial score (nSPS) is 17.8. The maximum atomic E-state index is 12.6. The van der Waals surface area contributed by atoms with E-state index >= 15 is 0 Å². The lowest BCUT2D eigenvalue weighted by atomic mass is 9.77. The van der Waals surface area contributed by atoms with Gasteiger partial charge in [0.05, 0.1) is 13.7 Å². The Morgan fingerprint density at radius 2 is 1.42 bits per heavy atom. The number of piperidine rings is 1. The minimum Gasteiger partial charge on any atom is -0.497 e. The number of hydrogen-bond donors (Lipinski definition) is 1. The predicted octanol–water partition coefficient (Wildman–Crippen LogP) is 6.45. The Morgan fingerprint density at radius 1 is 0.879 bits per heavy atom. The lowest BCUT2D eigenvalue weighted by Crippen LogP contribution is -2.51. The van der Waals surface area contributed by atoms with Crippen LogP contribution in [0.25, 0.3) is 0 Å². The first-order chi connectivity index (χ1) is 15.7. The molecule has 0 amide bonds. The van der Waals surface area contributed by atoms with Crippen molar-refractivity contribution in [1.82, 2.24) is 4.90 Å². The van der Waals surface area contributed by atoms with Gasteiger partial charge in [0.1, 0.15) is 17.1 Å². The van der Waals surface area contributed by atoms with E-state index in [1.54, 1.807) is 7.11 Å². The number of benzene rings is 2. The second-order valence-electron chi connectivity index (χ2n) is 9.99. The van der Waals surface area contributed by atoms with Gasteiger partial charge in [0.2, 0.25) is 0 Å². The summed E-state index contributed by atoms with van der Waals surface area (Å²) in [6.07, 6.45) is 3.63. The van der Waals surface area contributed by atoms with Crippen molar-refractivity contribution in [1.29, 1.82) is 0 Å². The van der Waals surface area contributed by atoms with Crippen LogP contribution in [0.5, 0.6) is 11.5 Å². The molecule has 0 saturated carbocycles. The third-order valence-electron chi connectivity index (χ3n) is 7.19. The number of nitrogens with zero attached hydrogens (tertiary/aromatic N) is 1. The van der Waals surface area contributed by atoms with Crippen LogP contribution in [-0.4, -0.2) is 42.9 Å². The summed E-state index contributed by atoms with van der Waals surface area (Å²) in [6.45, 7) is 15.7. The Labute approximate surface area is 200 Å². The van der Waals surface area contributed by atoms with Gasteiger partial charge in [0.25, 0.3) is 0 Å². The molecular formula is C29H43NO3. The Kier molecular flexibility index (Phi) is 8.47. The second kappa shape index (κ2) is 10.9. The van der Waals surface area contributed by atoms with E-state index in [1.807, 2.05) is 31.2 Å². The Morgan fingerprint density at radius 3 is 1.88 bits per heavy atom. The highest BCUT2D eigenvalue weighted by atomic mass is 16.5. The molecule has 2 atom stereocenters. The zero-order valence-corrected chi connectivity index (χ0v) is 21.6. The molecule has 0 aromatic heterocycles. The van der Waals surface area contributed by atoms with Crippen molar-refractivity contribution in [3.8, 4) is 11.5 Å². The van der Waals surface area contributed by atoms with Crippen LogP contribution in [0.2, 0.25) is 0 Å². The lowest BCUT2D eigenvalue weighted by molar-refractivity contribution is -0.0197.